The monoisotopic (exact) mass is 396 g/mol. The Morgan fingerprint density at radius 3 is 2.67 bits per heavy atom. The standard InChI is InChI=1S/C23H20N6O/c1-2-18(28-22-20-21(25-13-24-20)26-14-27-22)19-12-15-8-6-7-11-17(15)23(30)29(19)16-9-4-3-5-10-16/h3-14,18H,2H2,1H3,(H2,24,25,26,27,28). The van der Waals surface area contributed by atoms with Gasteiger partial charge in [0, 0.05) is 16.8 Å². The fourth-order valence-corrected chi connectivity index (χ4v) is 3.80. The lowest BCUT2D eigenvalue weighted by Gasteiger charge is -2.23. The van der Waals surface area contributed by atoms with E-state index in [9.17, 15) is 4.79 Å². The fourth-order valence-electron chi connectivity index (χ4n) is 3.80. The van der Waals surface area contributed by atoms with Gasteiger partial charge in [-0.3, -0.25) is 9.36 Å². The van der Waals surface area contributed by atoms with Crippen LogP contribution in [0.2, 0.25) is 0 Å². The number of benzene rings is 2. The molecule has 5 aromatic rings. The molecule has 7 heteroatoms. The van der Waals surface area contributed by atoms with Gasteiger partial charge in [0.15, 0.2) is 11.5 Å². The lowest BCUT2D eigenvalue weighted by Crippen LogP contribution is -2.26. The molecule has 30 heavy (non-hydrogen) atoms. The number of anilines is 1. The van der Waals surface area contributed by atoms with E-state index >= 15 is 0 Å². The SMILES string of the molecule is CCC(Nc1ncnc2[nH]cnc12)c1cc2ccccc2c(=O)n1-c1ccccc1. The highest BCUT2D eigenvalue weighted by Crippen LogP contribution is 2.27. The van der Waals surface area contributed by atoms with Crippen LogP contribution in [0.4, 0.5) is 5.82 Å². The highest BCUT2D eigenvalue weighted by atomic mass is 16.1. The zero-order valence-electron chi connectivity index (χ0n) is 16.4. The van der Waals surface area contributed by atoms with Gasteiger partial charge in [0.1, 0.15) is 11.8 Å². The van der Waals surface area contributed by atoms with Gasteiger partial charge in [0.05, 0.1) is 12.4 Å². The molecule has 1 atom stereocenters. The second-order valence-electron chi connectivity index (χ2n) is 7.06. The van der Waals surface area contributed by atoms with Crippen LogP contribution in [0, 0.1) is 0 Å². The van der Waals surface area contributed by atoms with Gasteiger partial charge in [-0.15, -0.1) is 0 Å². The molecule has 0 spiro atoms. The van der Waals surface area contributed by atoms with E-state index in [0.29, 0.717) is 22.4 Å². The van der Waals surface area contributed by atoms with Crippen molar-refractivity contribution in [3.05, 3.63) is 89.4 Å². The van der Waals surface area contributed by atoms with Crippen LogP contribution in [0.15, 0.2) is 78.1 Å². The Balaban J connectivity index is 1.71. The number of nitrogens with one attached hydrogen (secondary N) is 2. The molecule has 5 rings (SSSR count). The maximum Gasteiger partial charge on any atom is 0.263 e. The molecule has 3 aromatic heterocycles. The van der Waals surface area contributed by atoms with E-state index in [0.717, 1.165) is 23.2 Å². The molecule has 2 N–H and O–H groups in total. The number of nitrogens with zero attached hydrogens (tertiary/aromatic N) is 4. The van der Waals surface area contributed by atoms with E-state index in [2.05, 4.69) is 38.2 Å². The highest BCUT2D eigenvalue weighted by molar-refractivity contribution is 5.84. The summed E-state index contributed by atoms with van der Waals surface area (Å²) in [7, 11) is 0. The molecule has 3 heterocycles. The van der Waals surface area contributed by atoms with Crippen LogP contribution in [-0.2, 0) is 0 Å². The van der Waals surface area contributed by atoms with Gasteiger partial charge in [-0.25, -0.2) is 15.0 Å². The van der Waals surface area contributed by atoms with Gasteiger partial charge in [0.2, 0.25) is 0 Å². The summed E-state index contributed by atoms with van der Waals surface area (Å²) in [5.74, 6) is 0.633. The lowest BCUT2D eigenvalue weighted by atomic mass is 10.0. The van der Waals surface area contributed by atoms with Crippen molar-refractivity contribution in [3.8, 4) is 5.69 Å². The second-order valence-corrected chi connectivity index (χ2v) is 7.06. The molecule has 0 fully saturated rings. The van der Waals surface area contributed by atoms with Crippen LogP contribution in [0.1, 0.15) is 25.1 Å². The minimum Gasteiger partial charge on any atom is -0.360 e. The summed E-state index contributed by atoms with van der Waals surface area (Å²) in [6.45, 7) is 2.08. The average molecular weight is 396 g/mol. The van der Waals surface area contributed by atoms with Crippen LogP contribution in [0.25, 0.3) is 27.6 Å². The van der Waals surface area contributed by atoms with E-state index in [1.54, 1.807) is 10.9 Å². The van der Waals surface area contributed by atoms with Crippen molar-refractivity contribution < 1.29 is 0 Å². The normalized spacial score (nSPS) is 12.3. The number of imidazole rings is 1. The Morgan fingerprint density at radius 2 is 1.83 bits per heavy atom. The molecule has 0 aliphatic heterocycles. The molecule has 0 saturated heterocycles. The number of hydrogen-bond donors (Lipinski definition) is 2. The first-order valence-electron chi connectivity index (χ1n) is 9.87. The zero-order valence-corrected chi connectivity index (χ0v) is 16.4. The lowest BCUT2D eigenvalue weighted by molar-refractivity contribution is 0.689. The molecule has 148 valence electrons. The predicted octanol–water partition coefficient (Wildman–Crippen LogP) is 4.22. The molecular formula is C23H20N6O. The summed E-state index contributed by atoms with van der Waals surface area (Å²) in [5.41, 5.74) is 3.00. The zero-order chi connectivity index (χ0) is 20.5. The minimum absolute atomic E-state index is 0.0397. The summed E-state index contributed by atoms with van der Waals surface area (Å²) in [6.07, 6.45) is 3.85. The number of fused-ring (bicyclic) bond motifs is 2. The summed E-state index contributed by atoms with van der Waals surface area (Å²) in [6, 6.07) is 19.3. The molecule has 0 saturated carbocycles. The van der Waals surface area contributed by atoms with Crippen LogP contribution in [0.5, 0.6) is 0 Å². The van der Waals surface area contributed by atoms with Crippen molar-refractivity contribution >= 4 is 27.8 Å². The molecule has 2 aromatic carbocycles. The van der Waals surface area contributed by atoms with Gasteiger partial charge in [-0.05, 0) is 36.1 Å². The molecule has 0 aliphatic rings. The van der Waals surface area contributed by atoms with Crippen molar-refractivity contribution in [1.82, 2.24) is 24.5 Å². The Hall–Kier alpha value is -4.00. The number of aromatic amines is 1. The number of hydrogen-bond acceptors (Lipinski definition) is 5. The molecule has 7 nitrogen and oxygen atoms in total. The fraction of sp³-hybridized carbons (Fsp3) is 0.130. The quantitative estimate of drug-likeness (QED) is 0.464. The maximum absolute atomic E-state index is 13.5. The highest BCUT2D eigenvalue weighted by Gasteiger charge is 2.20. The van der Waals surface area contributed by atoms with Gasteiger partial charge in [-0.1, -0.05) is 43.3 Å². The Bertz CT molecular complexity index is 1390. The van der Waals surface area contributed by atoms with Crippen molar-refractivity contribution in [2.45, 2.75) is 19.4 Å². The smallest absolute Gasteiger partial charge is 0.263 e. The second kappa shape index (κ2) is 7.44. The molecule has 0 bridgehead atoms. The molecule has 1 unspecified atom stereocenters. The van der Waals surface area contributed by atoms with Crippen LogP contribution < -0.4 is 10.9 Å². The van der Waals surface area contributed by atoms with Gasteiger partial charge < -0.3 is 10.3 Å². The maximum atomic E-state index is 13.5. The van der Waals surface area contributed by atoms with E-state index in [4.69, 9.17) is 0 Å². The first-order chi connectivity index (χ1) is 14.8. The molecule has 0 amide bonds. The van der Waals surface area contributed by atoms with Gasteiger partial charge >= 0.3 is 0 Å². The third-order valence-electron chi connectivity index (χ3n) is 5.26. The summed E-state index contributed by atoms with van der Waals surface area (Å²) < 4.78 is 1.78. The van der Waals surface area contributed by atoms with Crippen molar-refractivity contribution in [2.24, 2.45) is 0 Å². The summed E-state index contributed by atoms with van der Waals surface area (Å²) in [4.78, 5) is 29.4. The third-order valence-corrected chi connectivity index (χ3v) is 5.26. The molecular weight excluding hydrogens is 376 g/mol. The number of H-pyrrole nitrogens is 1. The Labute approximate surface area is 172 Å². The van der Waals surface area contributed by atoms with Crippen molar-refractivity contribution in [1.29, 1.82) is 0 Å². The Kier molecular flexibility index (Phi) is 4.48. The van der Waals surface area contributed by atoms with Crippen LogP contribution in [0.3, 0.4) is 0 Å². The van der Waals surface area contributed by atoms with Crippen LogP contribution >= 0.6 is 0 Å². The Morgan fingerprint density at radius 1 is 1.03 bits per heavy atom. The van der Waals surface area contributed by atoms with Gasteiger partial charge in [-0.2, -0.15) is 0 Å². The summed E-state index contributed by atoms with van der Waals surface area (Å²) in [5, 5.41) is 5.09. The largest absolute Gasteiger partial charge is 0.360 e. The average Bonchev–Trinajstić information content (AvgIpc) is 3.28. The van der Waals surface area contributed by atoms with Crippen molar-refractivity contribution in [2.75, 3.05) is 5.32 Å². The number of pyridine rings is 1. The van der Waals surface area contributed by atoms with Crippen molar-refractivity contribution in [3.63, 3.8) is 0 Å². The van der Waals surface area contributed by atoms with Gasteiger partial charge in [0.25, 0.3) is 5.56 Å². The first kappa shape index (κ1) is 18.1. The third kappa shape index (κ3) is 3.00. The topological polar surface area (TPSA) is 88.5 Å². The van der Waals surface area contributed by atoms with Crippen LogP contribution in [-0.4, -0.2) is 24.5 Å². The minimum atomic E-state index is -0.155. The molecule has 0 radical (unpaired) electrons. The van der Waals surface area contributed by atoms with E-state index in [1.807, 2.05) is 54.6 Å². The number of aromatic nitrogens is 5. The first-order valence-corrected chi connectivity index (χ1v) is 9.87. The number of para-hydroxylation sites is 1. The van der Waals surface area contributed by atoms with E-state index < -0.39 is 0 Å². The van der Waals surface area contributed by atoms with E-state index in [1.165, 1.54) is 6.33 Å². The summed E-state index contributed by atoms with van der Waals surface area (Å²) >= 11 is 0. The van der Waals surface area contributed by atoms with E-state index in [-0.39, 0.29) is 11.6 Å². The molecule has 0 aliphatic carbocycles. The predicted molar refractivity (Wildman–Crippen MR) is 118 cm³/mol. The number of rotatable bonds is 5.